The second-order valence-corrected chi connectivity index (χ2v) is 9.45. The molecule has 158 valence electrons. The van der Waals surface area contributed by atoms with E-state index in [0.29, 0.717) is 11.8 Å². The van der Waals surface area contributed by atoms with Crippen molar-refractivity contribution in [1.29, 1.82) is 0 Å². The van der Waals surface area contributed by atoms with Crippen LogP contribution in [0.3, 0.4) is 0 Å². The summed E-state index contributed by atoms with van der Waals surface area (Å²) in [7, 11) is 0. The van der Waals surface area contributed by atoms with Crippen LogP contribution in [0.5, 0.6) is 11.5 Å². The van der Waals surface area contributed by atoms with Crippen LogP contribution in [0.25, 0.3) is 0 Å². The Hall–Kier alpha value is -2.21. The van der Waals surface area contributed by atoms with Gasteiger partial charge in [-0.25, -0.2) is 0 Å². The summed E-state index contributed by atoms with van der Waals surface area (Å²) in [6, 6.07) is 25.1. The van der Waals surface area contributed by atoms with Crippen molar-refractivity contribution in [3.8, 4) is 11.5 Å². The fraction of sp³-hybridized carbons (Fsp3) is 0.308. The first kappa shape index (κ1) is 22.5. The van der Waals surface area contributed by atoms with E-state index >= 15 is 0 Å². The summed E-state index contributed by atoms with van der Waals surface area (Å²) in [6.45, 7) is 10.1. The molecule has 4 heteroatoms. The van der Waals surface area contributed by atoms with E-state index in [1.54, 1.807) is 0 Å². The van der Waals surface area contributed by atoms with Crippen molar-refractivity contribution in [2.45, 2.75) is 27.7 Å². The lowest BCUT2D eigenvalue weighted by molar-refractivity contribution is 0.271. The average Bonchev–Trinajstić information content (AvgIpc) is 2.74. The van der Waals surface area contributed by atoms with Gasteiger partial charge in [-0.05, 0) is 107 Å². The number of anilines is 3. The number of ether oxygens (including phenoxy) is 2. The molecule has 0 radical (unpaired) electrons. The molecule has 0 aromatic heterocycles. The minimum Gasteiger partial charge on any atom is -0.493 e. The standard InChI is InChI=1S/C26H30INO2/c1-19(2)17-29-25-13-9-23(10-14-25)28(22-7-5-21(27)6-8-22)24-11-15-26(16-12-24)30-18-20(3)4/h5-16,19-20H,17-18H2,1-4H3. The Morgan fingerprint density at radius 2 is 0.933 bits per heavy atom. The fourth-order valence-corrected chi connectivity index (χ4v) is 3.31. The van der Waals surface area contributed by atoms with Gasteiger partial charge in [-0.1, -0.05) is 27.7 Å². The number of halogens is 1. The molecule has 3 aromatic carbocycles. The number of hydrogen-bond acceptors (Lipinski definition) is 3. The van der Waals surface area contributed by atoms with Gasteiger partial charge in [0.1, 0.15) is 11.5 Å². The zero-order valence-electron chi connectivity index (χ0n) is 18.1. The highest BCUT2D eigenvalue weighted by atomic mass is 127. The maximum absolute atomic E-state index is 5.86. The van der Waals surface area contributed by atoms with Gasteiger partial charge in [0.05, 0.1) is 13.2 Å². The first-order valence-corrected chi connectivity index (χ1v) is 11.5. The van der Waals surface area contributed by atoms with Gasteiger partial charge in [0, 0.05) is 20.6 Å². The van der Waals surface area contributed by atoms with Gasteiger partial charge in [-0.3, -0.25) is 0 Å². The van der Waals surface area contributed by atoms with Gasteiger partial charge in [-0.2, -0.15) is 0 Å². The Balaban J connectivity index is 1.88. The summed E-state index contributed by atoms with van der Waals surface area (Å²) in [5, 5.41) is 0. The molecule has 0 N–H and O–H groups in total. The third-order valence-corrected chi connectivity index (χ3v) is 5.16. The third kappa shape index (κ3) is 6.39. The second kappa shape index (κ2) is 10.7. The van der Waals surface area contributed by atoms with Crippen molar-refractivity contribution in [2.24, 2.45) is 11.8 Å². The summed E-state index contributed by atoms with van der Waals surface area (Å²) in [4.78, 5) is 2.24. The zero-order chi connectivity index (χ0) is 21.5. The molecule has 0 heterocycles. The van der Waals surface area contributed by atoms with Crippen molar-refractivity contribution in [3.05, 3.63) is 76.4 Å². The highest BCUT2D eigenvalue weighted by Crippen LogP contribution is 2.36. The van der Waals surface area contributed by atoms with E-state index in [4.69, 9.17) is 9.47 Å². The highest BCUT2D eigenvalue weighted by Gasteiger charge is 2.13. The van der Waals surface area contributed by atoms with E-state index in [9.17, 15) is 0 Å². The Bertz CT molecular complexity index is 848. The van der Waals surface area contributed by atoms with Crippen LogP contribution in [-0.4, -0.2) is 13.2 Å². The molecular weight excluding hydrogens is 485 g/mol. The Labute approximate surface area is 194 Å². The molecule has 30 heavy (non-hydrogen) atoms. The smallest absolute Gasteiger partial charge is 0.119 e. The molecule has 3 rings (SSSR count). The molecule has 0 fully saturated rings. The Morgan fingerprint density at radius 3 is 1.27 bits per heavy atom. The molecule has 0 aliphatic rings. The minimum atomic E-state index is 0.504. The lowest BCUT2D eigenvalue weighted by Crippen LogP contribution is -2.10. The second-order valence-electron chi connectivity index (χ2n) is 8.21. The average molecular weight is 515 g/mol. The third-order valence-electron chi connectivity index (χ3n) is 4.44. The lowest BCUT2D eigenvalue weighted by atomic mass is 10.2. The molecule has 0 aliphatic carbocycles. The fourth-order valence-electron chi connectivity index (χ4n) is 2.95. The Morgan fingerprint density at radius 1 is 0.600 bits per heavy atom. The van der Waals surface area contributed by atoms with Crippen molar-refractivity contribution < 1.29 is 9.47 Å². The topological polar surface area (TPSA) is 21.7 Å². The molecule has 0 unspecified atom stereocenters. The molecule has 0 spiro atoms. The zero-order valence-corrected chi connectivity index (χ0v) is 20.3. The van der Waals surface area contributed by atoms with E-state index in [-0.39, 0.29) is 0 Å². The van der Waals surface area contributed by atoms with Gasteiger partial charge in [0.2, 0.25) is 0 Å². The molecule has 3 aromatic rings. The van der Waals surface area contributed by atoms with E-state index in [2.05, 4.69) is 104 Å². The SMILES string of the molecule is CC(C)COc1ccc(N(c2ccc(I)cc2)c2ccc(OCC(C)C)cc2)cc1. The van der Waals surface area contributed by atoms with Crippen molar-refractivity contribution in [2.75, 3.05) is 18.1 Å². The van der Waals surface area contributed by atoms with E-state index in [1.807, 2.05) is 24.3 Å². The van der Waals surface area contributed by atoms with Crippen LogP contribution in [-0.2, 0) is 0 Å². The number of benzene rings is 3. The summed E-state index contributed by atoms with van der Waals surface area (Å²) in [5.41, 5.74) is 3.29. The van der Waals surface area contributed by atoms with Gasteiger partial charge in [0.15, 0.2) is 0 Å². The maximum atomic E-state index is 5.86. The first-order valence-electron chi connectivity index (χ1n) is 10.4. The summed E-state index contributed by atoms with van der Waals surface area (Å²) >= 11 is 2.34. The van der Waals surface area contributed by atoms with Crippen LogP contribution in [0.1, 0.15) is 27.7 Å². The van der Waals surface area contributed by atoms with Crippen LogP contribution in [0.2, 0.25) is 0 Å². The van der Waals surface area contributed by atoms with Crippen molar-refractivity contribution in [3.63, 3.8) is 0 Å². The molecule has 0 amide bonds. The summed E-state index contributed by atoms with van der Waals surface area (Å²) in [5.74, 6) is 2.80. The molecular formula is C26H30INO2. The van der Waals surface area contributed by atoms with Crippen molar-refractivity contribution in [1.82, 2.24) is 0 Å². The molecule has 3 nitrogen and oxygen atoms in total. The molecule has 0 atom stereocenters. The van der Waals surface area contributed by atoms with Gasteiger partial charge < -0.3 is 14.4 Å². The normalized spacial score (nSPS) is 11.0. The van der Waals surface area contributed by atoms with Crippen LogP contribution >= 0.6 is 22.6 Å². The number of nitrogens with zero attached hydrogens (tertiary/aromatic N) is 1. The van der Waals surface area contributed by atoms with Gasteiger partial charge in [-0.15, -0.1) is 0 Å². The number of hydrogen-bond donors (Lipinski definition) is 0. The van der Waals surface area contributed by atoms with Gasteiger partial charge >= 0.3 is 0 Å². The summed E-state index contributed by atoms with van der Waals surface area (Å²) in [6.07, 6.45) is 0. The van der Waals surface area contributed by atoms with Crippen LogP contribution in [0, 0.1) is 15.4 Å². The predicted molar refractivity (Wildman–Crippen MR) is 135 cm³/mol. The molecule has 0 bridgehead atoms. The maximum Gasteiger partial charge on any atom is 0.119 e. The number of rotatable bonds is 9. The minimum absolute atomic E-state index is 0.504. The predicted octanol–water partition coefficient (Wildman–Crippen LogP) is 7.83. The van der Waals surface area contributed by atoms with Gasteiger partial charge in [0.25, 0.3) is 0 Å². The largest absolute Gasteiger partial charge is 0.493 e. The van der Waals surface area contributed by atoms with E-state index in [0.717, 1.165) is 41.8 Å². The van der Waals surface area contributed by atoms with Crippen LogP contribution < -0.4 is 14.4 Å². The Kier molecular flexibility index (Phi) is 8.02. The highest BCUT2D eigenvalue weighted by molar-refractivity contribution is 14.1. The summed E-state index contributed by atoms with van der Waals surface area (Å²) < 4.78 is 12.9. The van der Waals surface area contributed by atoms with Crippen LogP contribution in [0.4, 0.5) is 17.1 Å². The molecule has 0 aliphatic heterocycles. The van der Waals surface area contributed by atoms with Crippen molar-refractivity contribution >= 4 is 39.7 Å². The molecule has 0 saturated carbocycles. The lowest BCUT2D eigenvalue weighted by Gasteiger charge is -2.26. The van der Waals surface area contributed by atoms with E-state index in [1.165, 1.54) is 3.57 Å². The first-order chi connectivity index (χ1) is 14.4. The van der Waals surface area contributed by atoms with Crippen LogP contribution in [0.15, 0.2) is 72.8 Å². The monoisotopic (exact) mass is 515 g/mol. The van der Waals surface area contributed by atoms with E-state index < -0.39 is 0 Å². The molecule has 0 saturated heterocycles. The quantitative estimate of drug-likeness (QED) is 0.271.